The molecule has 0 spiro atoms. The molecule has 2 aromatic carbocycles. The molecule has 10 heteroatoms. The van der Waals surface area contributed by atoms with Crippen LogP contribution in [0.25, 0.3) is 22.4 Å². The summed E-state index contributed by atoms with van der Waals surface area (Å²) in [6, 6.07) is 15.8. The van der Waals surface area contributed by atoms with Crippen LogP contribution in [-0.4, -0.2) is 72.3 Å². The molecule has 1 aromatic heterocycles. The average Bonchev–Trinajstić information content (AvgIpc) is 3.29. The van der Waals surface area contributed by atoms with E-state index < -0.39 is 6.36 Å². The predicted molar refractivity (Wildman–Crippen MR) is 141 cm³/mol. The smallest absolute Gasteiger partial charge is 0.406 e. The molecule has 3 heterocycles. The number of hydrogen-bond acceptors (Lipinski definition) is 4. The lowest BCUT2D eigenvalue weighted by Crippen LogP contribution is -2.43. The molecule has 1 N–H and O–H groups in total. The van der Waals surface area contributed by atoms with Gasteiger partial charge in [-0.25, -0.2) is 0 Å². The van der Waals surface area contributed by atoms with Gasteiger partial charge >= 0.3 is 6.36 Å². The van der Waals surface area contributed by atoms with Gasteiger partial charge in [-0.1, -0.05) is 36.4 Å². The van der Waals surface area contributed by atoms with Gasteiger partial charge in [0.05, 0.1) is 11.7 Å². The van der Waals surface area contributed by atoms with Crippen molar-refractivity contribution >= 4 is 17.5 Å². The third kappa shape index (κ3) is 5.85. The van der Waals surface area contributed by atoms with Gasteiger partial charge in [0, 0.05) is 50.7 Å². The van der Waals surface area contributed by atoms with E-state index >= 15 is 0 Å². The highest BCUT2D eigenvalue weighted by Gasteiger charge is 2.33. The van der Waals surface area contributed by atoms with E-state index in [-0.39, 0.29) is 17.7 Å². The summed E-state index contributed by atoms with van der Waals surface area (Å²) in [7, 11) is 2.13. The van der Waals surface area contributed by atoms with Crippen LogP contribution in [0.4, 0.5) is 13.2 Å². The van der Waals surface area contributed by atoms with Crippen LogP contribution in [0.5, 0.6) is 5.75 Å². The third-order valence-electron chi connectivity index (χ3n) is 7.18. The molecule has 5 rings (SSSR count). The monoisotopic (exact) mass is 546 g/mol. The van der Waals surface area contributed by atoms with Gasteiger partial charge in [-0.2, -0.15) is 0 Å². The van der Waals surface area contributed by atoms with Crippen molar-refractivity contribution in [1.29, 1.82) is 0 Å². The molecule has 6 nitrogen and oxygen atoms in total. The van der Waals surface area contributed by atoms with E-state index in [2.05, 4.69) is 39.0 Å². The zero-order valence-corrected chi connectivity index (χ0v) is 21.9. The minimum atomic E-state index is -4.80. The Kier molecular flexibility index (Phi) is 7.70. The fourth-order valence-corrected chi connectivity index (χ4v) is 5.49. The molecule has 0 saturated carbocycles. The van der Waals surface area contributed by atoms with Crippen molar-refractivity contribution in [3.05, 3.63) is 65.9 Å². The van der Waals surface area contributed by atoms with Gasteiger partial charge < -0.3 is 19.5 Å². The number of carbonyl (C=O) groups is 1. The second kappa shape index (κ2) is 11.0. The molecular weight excluding hydrogens is 517 g/mol. The van der Waals surface area contributed by atoms with Gasteiger partial charge in [0.15, 0.2) is 0 Å². The van der Waals surface area contributed by atoms with E-state index in [1.165, 1.54) is 23.8 Å². The molecular formula is C28H30ClF3N4O2. The fraction of sp³-hybridized carbons (Fsp3) is 0.393. The maximum Gasteiger partial charge on any atom is 0.573 e. The van der Waals surface area contributed by atoms with E-state index in [9.17, 15) is 18.0 Å². The predicted octanol–water partition coefficient (Wildman–Crippen LogP) is 5.38. The number of benzene rings is 2. The Morgan fingerprint density at radius 1 is 1.03 bits per heavy atom. The first-order chi connectivity index (χ1) is 18.2. The molecule has 0 aliphatic carbocycles. The lowest BCUT2D eigenvalue weighted by molar-refractivity contribution is -0.274. The van der Waals surface area contributed by atoms with Crippen LogP contribution < -0.4 is 10.1 Å². The zero-order valence-electron chi connectivity index (χ0n) is 21.1. The van der Waals surface area contributed by atoms with Crippen LogP contribution in [0.2, 0.25) is 0 Å². The zero-order chi connectivity index (χ0) is 26.9. The number of likely N-dealkylation sites (N-methyl/N-ethyl adjacent to an activating group) is 1. The minimum Gasteiger partial charge on any atom is -0.406 e. The first-order valence-electron chi connectivity index (χ1n) is 12.7. The van der Waals surface area contributed by atoms with Crippen LogP contribution in [0, 0.1) is 0 Å². The number of alkyl halides is 4. The van der Waals surface area contributed by atoms with Gasteiger partial charge in [0.1, 0.15) is 11.4 Å². The molecule has 202 valence electrons. The van der Waals surface area contributed by atoms with Crippen LogP contribution in [0.15, 0.2) is 54.6 Å². The molecule has 2 aliphatic heterocycles. The average molecular weight is 547 g/mol. The van der Waals surface area contributed by atoms with Crippen LogP contribution in [0.1, 0.15) is 28.5 Å². The summed E-state index contributed by atoms with van der Waals surface area (Å²) in [6.07, 6.45) is -4.17. The number of piperazine rings is 1. The minimum absolute atomic E-state index is 0.0800. The maximum atomic E-state index is 12.9. The number of carbonyl (C=O) groups excluding carboxylic acids is 1. The molecule has 1 amide bonds. The standard InChI is InChI=1S/C28H30ClF3N4O2/c1-34-11-13-35(14-12-34)18-19-5-7-20(8-6-19)26-24(21-3-2-4-23(15-21)38-28(30,31)32)16-25-27(37)33-17-22(9-10-29)36(25)26/h2-8,15-16,22H,9-14,17-18H2,1H3,(H,33,37)/t22-/m1/s1. The summed E-state index contributed by atoms with van der Waals surface area (Å²) in [5, 5.41) is 2.92. The lowest BCUT2D eigenvalue weighted by Gasteiger charge is -2.32. The van der Waals surface area contributed by atoms with Gasteiger partial charge in [0.25, 0.3) is 5.91 Å². The van der Waals surface area contributed by atoms with Crippen LogP contribution in [0.3, 0.4) is 0 Å². The molecule has 0 bridgehead atoms. The second-order valence-corrected chi connectivity index (χ2v) is 10.2. The first-order valence-corrected chi connectivity index (χ1v) is 13.2. The van der Waals surface area contributed by atoms with Crippen molar-refractivity contribution < 1.29 is 22.7 Å². The molecule has 1 fully saturated rings. The van der Waals surface area contributed by atoms with Gasteiger partial charge in [0.2, 0.25) is 0 Å². The Balaban J connectivity index is 1.55. The maximum absolute atomic E-state index is 12.9. The number of aromatic nitrogens is 1. The number of hydrogen-bond donors (Lipinski definition) is 1. The van der Waals surface area contributed by atoms with E-state index in [1.807, 2.05) is 16.7 Å². The fourth-order valence-electron chi connectivity index (χ4n) is 5.24. The topological polar surface area (TPSA) is 49.7 Å². The highest BCUT2D eigenvalue weighted by atomic mass is 35.5. The quantitative estimate of drug-likeness (QED) is 0.404. The molecule has 0 radical (unpaired) electrons. The largest absolute Gasteiger partial charge is 0.573 e. The number of rotatable bonds is 7. The number of amides is 1. The molecule has 3 aromatic rings. The van der Waals surface area contributed by atoms with E-state index in [4.69, 9.17) is 11.6 Å². The van der Waals surface area contributed by atoms with E-state index in [0.29, 0.717) is 35.7 Å². The first kappa shape index (κ1) is 26.6. The Labute approximate surface area is 224 Å². The molecule has 0 unspecified atom stereocenters. The summed E-state index contributed by atoms with van der Waals surface area (Å²) >= 11 is 6.11. The number of nitrogens with zero attached hydrogens (tertiary/aromatic N) is 3. The third-order valence-corrected chi connectivity index (χ3v) is 7.40. The van der Waals surface area contributed by atoms with Crippen LogP contribution >= 0.6 is 11.6 Å². The highest BCUT2D eigenvalue weighted by molar-refractivity contribution is 6.17. The number of ether oxygens (including phenoxy) is 1. The van der Waals surface area contributed by atoms with Crippen molar-refractivity contribution in [2.45, 2.75) is 25.4 Å². The summed E-state index contributed by atoms with van der Waals surface area (Å²) in [5.41, 5.74) is 4.49. The van der Waals surface area contributed by atoms with Crippen LogP contribution in [-0.2, 0) is 6.54 Å². The van der Waals surface area contributed by atoms with Crippen molar-refractivity contribution in [2.75, 3.05) is 45.7 Å². The summed E-state index contributed by atoms with van der Waals surface area (Å²) in [6.45, 7) is 5.39. The van der Waals surface area contributed by atoms with Gasteiger partial charge in [-0.3, -0.25) is 9.69 Å². The number of nitrogens with one attached hydrogen (secondary N) is 1. The number of fused-ring (bicyclic) bond motifs is 1. The van der Waals surface area contributed by atoms with Crippen molar-refractivity contribution in [2.24, 2.45) is 0 Å². The Bertz CT molecular complexity index is 1280. The van der Waals surface area contributed by atoms with Crippen molar-refractivity contribution in [3.8, 4) is 28.1 Å². The Morgan fingerprint density at radius 2 is 1.76 bits per heavy atom. The highest BCUT2D eigenvalue weighted by Crippen LogP contribution is 2.40. The lowest BCUT2D eigenvalue weighted by atomic mass is 9.99. The Hall–Kier alpha value is -3.01. The van der Waals surface area contributed by atoms with E-state index in [0.717, 1.165) is 44.0 Å². The van der Waals surface area contributed by atoms with E-state index in [1.54, 1.807) is 12.1 Å². The summed E-state index contributed by atoms with van der Waals surface area (Å²) in [4.78, 5) is 17.6. The Morgan fingerprint density at radius 3 is 2.45 bits per heavy atom. The molecule has 38 heavy (non-hydrogen) atoms. The SMILES string of the molecule is CN1CCN(Cc2ccc(-c3c(-c4cccc(OC(F)(F)F)c4)cc4n3[C@H](CCCl)CNC4=O)cc2)CC1. The molecule has 2 aliphatic rings. The molecule has 1 saturated heterocycles. The van der Waals surface area contributed by atoms with Gasteiger partial charge in [-0.05, 0) is 48.4 Å². The normalized spacial score (nSPS) is 18.8. The number of halogens is 4. The van der Waals surface area contributed by atoms with Crippen molar-refractivity contribution in [1.82, 2.24) is 19.7 Å². The summed E-state index contributed by atoms with van der Waals surface area (Å²) < 4.78 is 44.9. The summed E-state index contributed by atoms with van der Waals surface area (Å²) in [5.74, 6) is -0.127. The molecule has 1 atom stereocenters. The van der Waals surface area contributed by atoms with Gasteiger partial charge in [-0.15, -0.1) is 24.8 Å². The second-order valence-electron chi connectivity index (χ2n) is 9.86. The van der Waals surface area contributed by atoms with Crippen molar-refractivity contribution in [3.63, 3.8) is 0 Å².